The molecule has 2 N–H and O–H groups in total. The van der Waals surface area contributed by atoms with Crippen LogP contribution in [0.25, 0.3) is 0 Å². The van der Waals surface area contributed by atoms with Gasteiger partial charge in [-0.3, -0.25) is 4.99 Å². The van der Waals surface area contributed by atoms with Crippen LogP contribution < -0.4 is 10.6 Å². The number of ether oxygens (including phenoxy) is 1. The third-order valence-electron chi connectivity index (χ3n) is 4.27. The van der Waals surface area contributed by atoms with Gasteiger partial charge in [0.05, 0.1) is 6.61 Å². The Morgan fingerprint density at radius 2 is 1.96 bits per heavy atom. The van der Waals surface area contributed by atoms with Crippen LogP contribution in [0.5, 0.6) is 0 Å². The van der Waals surface area contributed by atoms with Crippen molar-refractivity contribution in [1.82, 2.24) is 15.5 Å². The molecule has 0 saturated carbocycles. The molecule has 6 nitrogen and oxygen atoms in total. The minimum absolute atomic E-state index is 0. The summed E-state index contributed by atoms with van der Waals surface area (Å²) in [5.41, 5.74) is 1.28. The largest absolute Gasteiger partial charge is 0.450 e. The van der Waals surface area contributed by atoms with E-state index in [4.69, 9.17) is 4.74 Å². The number of guanidine groups is 1. The maximum Gasteiger partial charge on any atom is 0.409 e. The van der Waals surface area contributed by atoms with Gasteiger partial charge in [-0.15, -0.1) is 35.7 Å². The Bertz CT molecular complexity index is 590. The number of thioether (sulfide) groups is 1. The molecule has 1 fully saturated rings. The molecular weight excluding hydrogens is 475 g/mol. The van der Waals surface area contributed by atoms with Crippen molar-refractivity contribution >= 4 is 47.8 Å². The Morgan fingerprint density at radius 3 is 2.56 bits per heavy atom. The number of nitrogens with zero attached hydrogens (tertiary/aromatic N) is 2. The molecule has 0 spiro atoms. The zero-order chi connectivity index (χ0) is 18.8. The van der Waals surface area contributed by atoms with Crippen LogP contribution in [0.3, 0.4) is 0 Å². The molecule has 1 aromatic carbocycles. The number of hydrogen-bond acceptors (Lipinski definition) is 4. The van der Waals surface area contributed by atoms with Crippen LogP contribution in [0, 0.1) is 6.92 Å². The highest BCUT2D eigenvalue weighted by Gasteiger charge is 2.23. The summed E-state index contributed by atoms with van der Waals surface area (Å²) < 4.78 is 5.06. The van der Waals surface area contributed by atoms with Crippen LogP contribution >= 0.6 is 35.7 Å². The number of aryl methyl sites for hydroxylation is 1. The Kier molecular flexibility index (Phi) is 11.6. The van der Waals surface area contributed by atoms with Gasteiger partial charge >= 0.3 is 6.09 Å². The first-order chi connectivity index (χ1) is 12.6. The molecule has 1 aliphatic rings. The van der Waals surface area contributed by atoms with Gasteiger partial charge < -0.3 is 20.3 Å². The normalized spacial score (nSPS) is 15.1. The minimum Gasteiger partial charge on any atom is -0.450 e. The number of aliphatic imine (C=N–C) groups is 1. The van der Waals surface area contributed by atoms with Crippen LogP contribution in [0.2, 0.25) is 0 Å². The summed E-state index contributed by atoms with van der Waals surface area (Å²) in [5, 5.41) is 6.82. The van der Waals surface area contributed by atoms with E-state index in [1.165, 1.54) is 10.5 Å². The lowest BCUT2D eigenvalue weighted by molar-refractivity contribution is 0.0963. The fourth-order valence-corrected chi connectivity index (χ4v) is 3.55. The first kappa shape index (κ1) is 23.9. The topological polar surface area (TPSA) is 66.0 Å². The average molecular weight is 506 g/mol. The highest BCUT2D eigenvalue weighted by atomic mass is 127. The number of benzene rings is 1. The molecule has 0 aliphatic carbocycles. The van der Waals surface area contributed by atoms with Gasteiger partial charge in [-0.1, -0.05) is 17.7 Å². The zero-order valence-corrected chi connectivity index (χ0v) is 19.5. The SMILES string of the molecule is CCOC(=O)N1CCC(NC(=NC)NCCSc2ccc(C)cc2)CC1.I. The van der Waals surface area contributed by atoms with Gasteiger partial charge in [0, 0.05) is 43.4 Å². The van der Waals surface area contributed by atoms with Crippen LogP contribution in [-0.4, -0.2) is 62.0 Å². The van der Waals surface area contributed by atoms with Crippen LogP contribution in [-0.2, 0) is 4.74 Å². The van der Waals surface area contributed by atoms with E-state index in [0.717, 1.165) is 44.2 Å². The molecule has 0 aromatic heterocycles. The van der Waals surface area contributed by atoms with E-state index in [-0.39, 0.29) is 30.1 Å². The molecule has 0 atom stereocenters. The van der Waals surface area contributed by atoms with Gasteiger partial charge in [0.1, 0.15) is 0 Å². The molecule has 0 bridgehead atoms. The molecular formula is C19H31IN4O2S. The van der Waals surface area contributed by atoms with E-state index in [0.29, 0.717) is 12.6 Å². The Labute approximate surface area is 183 Å². The van der Waals surface area contributed by atoms with Gasteiger partial charge in [0.25, 0.3) is 0 Å². The summed E-state index contributed by atoms with van der Waals surface area (Å²) in [7, 11) is 1.79. The smallest absolute Gasteiger partial charge is 0.409 e. The highest BCUT2D eigenvalue weighted by molar-refractivity contribution is 14.0. The predicted octanol–water partition coefficient (Wildman–Crippen LogP) is 3.49. The first-order valence-electron chi connectivity index (χ1n) is 9.20. The fraction of sp³-hybridized carbons (Fsp3) is 0.579. The molecule has 1 amide bonds. The number of hydrogen-bond donors (Lipinski definition) is 2. The summed E-state index contributed by atoms with van der Waals surface area (Å²) in [6, 6.07) is 8.92. The summed E-state index contributed by atoms with van der Waals surface area (Å²) in [4.78, 5) is 19.1. The number of piperidine rings is 1. The van der Waals surface area contributed by atoms with Crippen molar-refractivity contribution in [2.75, 3.05) is 39.0 Å². The van der Waals surface area contributed by atoms with E-state index in [9.17, 15) is 4.79 Å². The van der Waals surface area contributed by atoms with Crippen molar-refractivity contribution in [3.8, 4) is 0 Å². The van der Waals surface area contributed by atoms with Gasteiger partial charge in [-0.2, -0.15) is 0 Å². The van der Waals surface area contributed by atoms with Crippen LogP contribution in [0.1, 0.15) is 25.3 Å². The summed E-state index contributed by atoms with van der Waals surface area (Å²) in [6.45, 7) is 6.64. The lowest BCUT2D eigenvalue weighted by Gasteiger charge is -2.32. The fourth-order valence-electron chi connectivity index (χ4n) is 2.78. The second-order valence-corrected chi connectivity index (χ2v) is 7.43. The molecule has 1 heterocycles. The number of rotatable bonds is 6. The standard InChI is InChI=1S/C19H30N4O2S.HI/c1-4-25-19(24)23-12-9-16(10-13-23)22-18(20-3)21-11-14-26-17-7-5-15(2)6-8-17;/h5-8,16H,4,9-14H2,1-3H3,(H2,20,21,22);1H. The molecule has 27 heavy (non-hydrogen) atoms. The molecule has 1 aliphatic heterocycles. The third kappa shape index (κ3) is 8.59. The van der Waals surface area contributed by atoms with Crippen molar-refractivity contribution in [3.63, 3.8) is 0 Å². The summed E-state index contributed by atoms with van der Waals surface area (Å²) in [5.74, 6) is 1.80. The van der Waals surface area contributed by atoms with Gasteiger partial charge in [-0.05, 0) is 38.8 Å². The average Bonchev–Trinajstić information content (AvgIpc) is 2.66. The monoisotopic (exact) mass is 506 g/mol. The molecule has 0 unspecified atom stereocenters. The lowest BCUT2D eigenvalue weighted by Crippen LogP contribution is -2.50. The minimum atomic E-state index is -0.207. The number of carbonyl (C=O) groups excluding carboxylic acids is 1. The lowest BCUT2D eigenvalue weighted by atomic mass is 10.1. The van der Waals surface area contributed by atoms with Crippen molar-refractivity contribution < 1.29 is 9.53 Å². The molecule has 1 saturated heterocycles. The van der Waals surface area contributed by atoms with E-state index in [1.807, 2.05) is 18.7 Å². The number of amides is 1. The van der Waals surface area contributed by atoms with Crippen LogP contribution in [0.4, 0.5) is 4.79 Å². The maximum absolute atomic E-state index is 11.7. The first-order valence-corrected chi connectivity index (χ1v) is 10.2. The zero-order valence-electron chi connectivity index (χ0n) is 16.4. The number of likely N-dealkylation sites (tertiary alicyclic amines) is 1. The van der Waals surface area contributed by atoms with Crippen molar-refractivity contribution in [3.05, 3.63) is 29.8 Å². The molecule has 1 aromatic rings. The Hall–Kier alpha value is -1.16. The molecule has 8 heteroatoms. The maximum atomic E-state index is 11.7. The highest BCUT2D eigenvalue weighted by Crippen LogP contribution is 2.17. The van der Waals surface area contributed by atoms with Crippen molar-refractivity contribution in [1.29, 1.82) is 0 Å². The van der Waals surface area contributed by atoms with E-state index in [1.54, 1.807) is 11.9 Å². The predicted molar refractivity (Wildman–Crippen MR) is 123 cm³/mol. The van der Waals surface area contributed by atoms with Crippen LogP contribution in [0.15, 0.2) is 34.2 Å². The van der Waals surface area contributed by atoms with Gasteiger partial charge in [0.15, 0.2) is 5.96 Å². The Balaban J connectivity index is 0.00000364. The number of halogens is 1. The second-order valence-electron chi connectivity index (χ2n) is 6.27. The molecule has 0 radical (unpaired) electrons. The number of nitrogens with one attached hydrogen (secondary N) is 2. The van der Waals surface area contributed by atoms with Gasteiger partial charge in [0.2, 0.25) is 0 Å². The van der Waals surface area contributed by atoms with E-state index in [2.05, 4.69) is 46.8 Å². The summed E-state index contributed by atoms with van der Waals surface area (Å²) in [6.07, 6.45) is 1.59. The Morgan fingerprint density at radius 1 is 1.30 bits per heavy atom. The van der Waals surface area contributed by atoms with Crippen molar-refractivity contribution in [2.45, 2.75) is 37.6 Å². The molecule has 152 valence electrons. The third-order valence-corrected chi connectivity index (χ3v) is 5.28. The van der Waals surface area contributed by atoms with Gasteiger partial charge in [-0.25, -0.2) is 4.79 Å². The molecule has 2 rings (SSSR count). The second kappa shape index (κ2) is 13.1. The quantitative estimate of drug-likeness (QED) is 0.203. The van der Waals surface area contributed by atoms with Crippen molar-refractivity contribution in [2.24, 2.45) is 4.99 Å². The number of carbonyl (C=O) groups is 1. The van der Waals surface area contributed by atoms with E-state index < -0.39 is 0 Å². The summed E-state index contributed by atoms with van der Waals surface area (Å²) >= 11 is 1.83. The van der Waals surface area contributed by atoms with E-state index >= 15 is 0 Å².